The van der Waals surface area contributed by atoms with E-state index in [1.54, 1.807) is 19.1 Å². The van der Waals surface area contributed by atoms with Crippen LogP contribution in [0.15, 0.2) is 24.3 Å². The van der Waals surface area contributed by atoms with Gasteiger partial charge in [0.05, 0.1) is 17.3 Å². The maximum atomic E-state index is 12.4. The van der Waals surface area contributed by atoms with Gasteiger partial charge in [-0.3, -0.25) is 14.2 Å². The number of pyridine rings is 1. The highest BCUT2D eigenvalue weighted by Crippen LogP contribution is 2.38. The minimum absolute atomic E-state index is 0.0693. The Morgan fingerprint density at radius 2 is 1.94 bits per heavy atom. The Morgan fingerprint density at radius 3 is 2.62 bits per heavy atom. The zero-order valence-corrected chi connectivity index (χ0v) is 20.0. The fraction of sp³-hybridized carbons (Fsp3) is 0.375. The number of ether oxygens (including phenoxy) is 1. The maximum Gasteiger partial charge on any atom is 0.318 e. The molecule has 1 saturated heterocycles. The minimum Gasteiger partial charge on any atom is -0.465 e. The number of aryl methyl sites for hydroxylation is 2. The zero-order chi connectivity index (χ0) is 23.2. The number of piperidine rings is 1. The van der Waals surface area contributed by atoms with E-state index < -0.39 is 11.9 Å². The smallest absolute Gasteiger partial charge is 0.318 e. The lowest BCUT2D eigenvalue weighted by molar-refractivity contribution is -0.151. The summed E-state index contributed by atoms with van der Waals surface area (Å²) >= 11 is 12.7. The number of ketones is 1. The molecule has 1 atom stereocenters. The van der Waals surface area contributed by atoms with E-state index in [4.69, 9.17) is 32.9 Å². The summed E-state index contributed by atoms with van der Waals surface area (Å²) in [4.78, 5) is 31.7. The van der Waals surface area contributed by atoms with Crippen molar-refractivity contribution < 1.29 is 14.3 Å². The number of benzene rings is 1. The summed E-state index contributed by atoms with van der Waals surface area (Å²) in [5.41, 5.74) is 5.45. The molecule has 1 unspecified atom stereocenters. The number of Topliss-reactive ketones (excluding diaryl/α,β-unsaturated/α-hetero) is 1. The summed E-state index contributed by atoms with van der Waals surface area (Å²) in [5.74, 6) is -1.30. The molecule has 2 aromatic heterocycles. The molecule has 0 amide bonds. The number of rotatable bonds is 4. The number of carbonyl (C=O) groups excluding carboxylic acids is 2. The molecule has 3 heterocycles. The number of esters is 1. The molecule has 1 fully saturated rings. The van der Waals surface area contributed by atoms with E-state index in [2.05, 4.69) is 11.8 Å². The Morgan fingerprint density at radius 1 is 1.19 bits per heavy atom. The molecule has 32 heavy (non-hydrogen) atoms. The van der Waals surface area contributed by atoms with Gasteiger partial charge in [-0.05, 0) is 57.5 Å². The van der Waals surface area contributed by atoms with Gasteiger partial charge in [0.25, 0.3) is 0 Å². The number of halogens is 2. The first-order chi connectivity index (χ1) is 15.2. The molecule has 1 aromatic carbocycles. The van der Waals surface area contributed by atoms with Crippen molar-refractivity contribution in [3.05, 3.63) is 51.3 Å². The van der Waals surface area contributed by atoms with Crippen LogP contribution in [-0.2, 0) is 14.3 Å². The molecule has 8 heteroatoms. The number of nitrogens with zero attached hydrogens (tertiary/aromatic N) is 3. The third kappa shape index (κ3) is 3.86. The Labute approximate surface area is 197 Å². The molecule has 6 nitrogen and oxygen atoms in total. The van der Waals surface area contributed by atoms with Gasteiger partial charge in [0.2, 0.25) is 0 Å². The Kier molecular flexibility index (Phi) is 6.19. The van der Waals surface area contributed by atoms with Crippen molar-refractivity contribution in [2.75, 3.05) is 24.6 Å². The average Bonchev–Trinajstić information content (AvgIpc) is 2.98. The largest absolute Gasteiger partial charge is 0.465 e. The summed E-state index contributed by atoms with van der Waals surface area (Å²) in [6.45, 7) is 8.85. The quantitative estimate of drug-likeness (QED) is 0.384. The molecule has 168 valence electrons. The third-order valence-electron chi connectivity index (χ3n) is 6.05. The maximum absolute atomic E-state index is 12.4. The first kappa shape index (κ1) is 22.6. The zero-order valence-electron chi connectivity index (χ0n) is 18.5. The van der Waals surface area contributed by atoms with E-state index in [9.17, 15) is 9.59 Å². The monoisotopic (exact) mass is 473 g/mol. The highest BCUT2D eigenvalue weighted by molar-refractivity contribution is 6.35. The minimum atomic E-state index is -0.776. The van der Waals surface area contributed by atoms with Gasteiger partial charge >= 0.3 is 5.97 Å². The number of anilines is 1. The molecule has 3 aromatic rings. The second-order valence-electron chi connectivity index (χ2n) is 8.09. The van der Waals surface area contributed by atoms with Crippen LogP contribution in [0.25, 0.3) is 16.7 Å². The van der Waals surface area contributed by atoms with Gasteiger partial charge in [-0.1, -0.05) is 23.2 Å². The van der Waals surface area contributed by atoms with Crippen molar-refractivity contribution in [3.8, 4) is 5.69 Å². The lowest BCUT2D eigenvalue weighted by atomic mass is 9.95. The second kappa shape index (κ2) is 8.75. The van der Waals surface area contributed by atoms with Crippen molar-refractivity contribution in [2.45, 2.75) is 34.1 Å². The molecule has 0 N–H and O–H groups in total. The Balaban J connectivity index is 1.87. The van der Waals surface area contributed by atoms with E-state index in [0.717, 1.165) is 39.4 Å². The molecule has 1 aliphatic rings. The fourth-order valence-corrected chi connectivity index (χ4v) is 4.87. The van der Waals surface area contributed by atoms with Gasteiger partial charge < -0.3 is 9.64 Å². The first-order valence-corrected chi connectivity index (χ1v) is 11.4. The standard InChI is InChI=1S/C24H25Cl2N3O3/c1-5-32-24(31)17-12-28(9-8-21(17)30)20-10-13(2)27-23-22(20)14(3)15(4)29(23)19-7-6-16(25)11-18(19)26/h6-7,10-11,17H,5,8-9,12H2,1-4H3. The topological polar surface area (TPSA) is 64.4 Å². The third-order valence-corrected chi connectivity index (χ3v) is 6.59. The van der Waals surface area contributed by atoms with E-state index in [0.29, 0.717) is 29.6 Å². The van der Waals surface area contributed by atoms with Gasteiger partial charge in [-0.25, -0.2) is 4.98 Å². The molecule has 1 aliphatic heterocycles. The van der Waals surface area contributed by atoms with E-state index in [1.165, 1.54) is 0 Å². The van der Waals surface area contributed by atoms with Crippen LogP contribution in [0.3, 0.4) is 0 Å². The molecule has 0 aliphatic carbocycles. The summed E-state index contributed by atoms with van der Waals surface area (Å²) < 4.78 is 7.19. The Hall–Kier alpha value is -2.57. The van der Waals surface area contributed by atoms with Gasteiger partial charge in [-0.2, -0.15) is 0 Å². The summed E-state index contributed by atoms with van der Waals surface area (Å²) in [5, 5.41) is 2.08. The number of aromatic nitrogens is 2. The lowest BCUT2D eigenvalue weighted by Crippen LogP contribution is -2.45. The fourth-order valence-electron chi connectivity index (χ4n) is 4.38. The molecule has 0 saturated carbocycles. The number of hydrogen-bond acceptors (Lipinski definition) is 5. The lowest BCUT2D eigenvalue weighted by Gasteiger charge is -2.33. The van der Waals surface area contributed by atoms with Crippen LogP contribution in [0.2, 0.25) is 10.0 Å². The summed E-state index contributed by atoms with van der Waals surface area (Å²) in [6.07, 6.45) is 0.300. The summed E-state index contributed by atoms with van der Waals surface area (Å²) in [6, 6.07) is 7.42. The average molecular weight is 474 g/mol. The number of hydrogen-bond donors (Lipinski definition) is 0. The van der Waals surface area contributed by atoms with Gasteiger partial charge in [0, 0.05) is 47.0 Å². The van der Waals surface area contributed by atoms with Crippen molar-refractivity contribution in [1.29, 1.82) is 0 Å². The van der Waals surface area contributed by atoms with E-state index >= 15 is 0 Å². The number of carbonyl (C=O) groups is 2. The van der Waals surface area contributed by atoms with E-state index in [1.807, 2.05) is 30.5 Å². The molecular weight excluding hydrogens is 449 g/mol. The van der Waals surface area contributed by atoms with Crippen molar-refractivity contribution in [3.63, 3.8) is 0 Å². The SMILES string of the molecule is CCOC(=O)C1CN(c2cc(C)nc3c2c(C)c(C)n3-c2ccc(Cl)cc2Cl)CCC1=O. The summed E-state index contributed by atoms with van der Waals surface area (Å²) in [7, 11) is 0. The normalized spacial score (nSPS) is 16.6. The Bertz CT molecular complexity index is 1240. The molecule has 0 radical (unpaired) electrons. The van der Waals surface area contributed by atoms with Gasteiger partial charge in [-0.15, -0.1) is 0 Å². The van der Waals surface area contributed by atoms with Crippen molar-refractivity contribution in [2.24, 2.45) is 5.92 Å². The van der Waals surface area contributed by atoms with Crippen LogP contribution in [0, 0.1) is 26.7 Å². The molecular formula is C24H25Cl2N3O3. The second-order valence-corrected chi connectivity index (χ2v) is 8.93. The van der Waals surface area contributed by atoms with Crippen LogP contribution in [0.5, 0.6) is 0 Å². The highest BCUT2D eigenvalue weighted by Gasteiger charge is 2.35. The van der Waals surface area contributed by atoms with Crippen molar-refractivity contribution in [1.82, 2.24) is 9.55 Å². The molecule has 0 spiro atoms. The van der Waals surface area contributed by atoms with E-state index in [-0.39, 0.29) is 12.4 Å². The van der Waals surface area contributed by atoms with Gasteiger partial charge in [0.1, 0.15) is 11.6 Å². The number of fused-ring (bicyclic) bond motifs is 1. The van der Waals surface area contributed by atoms with Crippen molar-refractivity contribution >= 4 is 51.7 Å². The van der Waals surface area contributed by atoms with Crippen LogP contribution >= 0.6 is 23.2 Å². The van der Waals surface area contributed by atoms with Gasteiger partial charge in [0.15, 0.2) is 5.78 Å². The van der Waals surface area contributed by atoms with Crippen LogP contribution in [0.1, 0.15) is 30.3 Å². The predicted molar refractivity (Wildman–Crippen MR) is 127 cm³/mol. The van der Waals surface area contributed by atoms with Crippen LogP contribution in [-0.4, -0.2) is 41.0 Å². The first-order valence-electron chi connectivity index (χ1n) is 10.6. The molecule has 0 bridgehead atoms. The molecule has 4 rings (SSSR count). The van der Waals surface area contributed by atoms with Crippen LogP contribution < -0.4 is 4.90 Å². The highest BCUT2D eigenvalue weighted by atomic mass is 35.5. The predicted octanol–water partition coefficient (Wildman–Crippen LogP) is 5.22. The van der Waals surface area contributed by atoms with Crippen LogP contribution in [0.4, 0.5) is 5.69 Å².